The first-order valence-corrected chi connectivity index (χ1v) is 5.99. The number of aromatic nitrogens is 1. The van der Waals surface area contributed by atoms with Crippen molar-refractivity contribution in [2.45, 2.75) is 19.1 Å². The number of hydrogen-bond donors (Lipinski definition) is 1. The summed E-state index contributed by atoms with van der Waals surface area (Å²) in [5.41, 5.74) is -0.0314. The summed E-state index contributed by atoms with van der Waals surface area (Å²) in [4.78, 5) is 23.9. The molecule has 5 nitrogen and oxygen atoms in total. The minimum atomic E-state index is -4.39. The number of aliphatic carboxylic acids is 1. The van der Waals surface area contributed by atoms with E-state index in [2.05, 4.69) is 0 Å². The number of carbonyl (C=O) groups is 2. The predicted octanol–water partition coefficient (Wildman–Crippen LogP) is 1.60. The highest BCUT2D eigenvalue weighted by Crippen LogP contribution is 2.23. The van der Waals surface area contributed by atoms with Gasteiger partial charge in [0.25, 0.3) is 5.91 Å². The first-order chi connectivity index (χ1) is 9.26. The molecule has 0 unspecified atom stereocenters. The Labute approximate surface area is 112 Å². The molecule has 0 atom stereocenters. The van der Waals surface area contributed by atoms with Crippen molar-refractivity contribution in [3.8, 4) is 0 Å². The minimum absolute atomic E-state index is 0.0314. The average Bonchev–Trinajstić information content (AvgIpc) is 2.67. The number of rotatable bonds is 4. The van der Waals surface area contributed by atoms with Gasteiger partial charge in [0, 0.05) is 25.2 Å². The Kier molecular flexibility index (Phi) is 3.74. The van der Waals surface area contributed by atoms with Gasteiger partial charge in [-0.2, -0.15) is 13.2 Å². The van der Waals surface area contributed by atoms with Crippen LogP contribution in [0.5, 0.6) is 0 Å². The molecule has 0 saturated carbocycles. The van der Waals surface area contributed by atoms with Crippen molar-refractivity contribution >= 4 is 11.9 Å². The third-order valence-electron chi connectivity index (χ3n) is 3.11. The van der Waals surface area contributed by atoms with Crippen molar-refractivity contribution in [1.82, 2.24) is 9.47 Å². The Morgan fingerprint density at radius 2 is 2.00 bits per heavy atom. The number of nitrogens with zero attached hydrogens (tertiary/aromatic N) is 2. The zero-order valence-electron chi connectivity index (χ0n) is 10.4. The third-order valence-corrected chi connectivity index (χ3v) is 3.11. The fraction of sp³-hybridized carbons (Fsp3) is 0.500. The molecule has 1 aromatic heterocycles. The predicted molar refractivity (Wildman–Crippen MR) is 62.1 cm³/mol. The summed E-state index contributed by atoms with van der Waals surface area (Å²) in [6.45, 7) is -0.682. The monoisotopic (exact) mass is 290 g/mol. The lowest BCUT2D eigenvalue weighted by atomic mass is 9.96. The molecule has 1 amide bonds. The smallest absolute Gasteiger partial charge is 0.406 e. The summed E-state index contributed by atoms with van der Waals surface area (Å²) in [5.74, 6) is -1.56. The minimum Gasteiger partial charge on any atom is -0.481 e. The van der Waals surface area contributed by atoms with E-state index in [1.807, 2.05) is 0 Å². The second kappa shape index (κ2) is 5.18. The van der Waals surface area contributed by atoms with Gasteiger partial charge in [0.15, 0.2) is 0 Å². The first kappa shape index (κ1) is 14.4. The maximum absolute atomic E-state index is 12.4. The molecule has 1 fully saturated rings. The van der Waals surface area contributed by atoms with Crippen LogP contribution >= 0.6 is 0 Å². The maximum Gasteiger partial charge on any atom is 0.406 e. The molecular formula is C12H13F3N2O3. The van der Waals surface area contributed by atoms with E-state index in [0.29, 0.717) is 0 Å². The van der Waals surface area contributed by atoms with Gasteiger partial charge in [-0.1, -0.05) is 0 Å². The lowest BCUT2D eigenvalue weighted by Crippen LogP contribution is -2.51. The van der Waals surface area contributed by atoms with Gasteiger partial charge in [-0.15, -0.1) is 0 Å². The number of alkyl halides is 3. The van der Waals surface area contributed by atoms with Gasteiger partial charge in [-0.3, -0.25) is 9.59 Å². The van der Waals surface area contributed by atoms with E-state index in [4.69, 9.17) is 5.11 Å². The summed E-state index contributed by atoms with van der Waals surface area (Å²) in [6.07, 6.45) is -3.22. The molecule has 20 heavy (non-hydrogen) atoms. The van der Waals surface area contributed by atoms with Crippen molar-refractivity contribution in [2.24, 2.45) is 5.92 Å². The summed E-state index contributed by atoms with van der Waals surface area (Å²) in [6, 6.07) is 2.71. The Bertz CT molecular complexity index is 518. The number of hydrogen-bond acceptors (Lipinski definition) is 2. The van der Waals surface area contributed by atoms with Gasteiger partial charge in [-0.05, 0) is 12.1 Å². The van der Waals surface area contributed by atoms with Crippen molar-refractivity contribution in [3.05, 3.63) is 24.0 Å². The molecule has 2 heterocycles. The maximum atomic E-state index is 12.4. The van der Waals surface area contributed by atoms with Crippen LogP contribution in [0.1, 0.15) is 16.9 Å². The van der Waals surface area contributed by atoms with E-state index < -0.39 is 24.6 Å². The Morgan fingerprint density at radius 1 is 1.35 bits per heavy atom. The average molecular weight is 290 g/mol. The van der Waals surface area contributed by atoms with Crippen molar-refractivity contribution in [3.63, 3.8) is 0 Å². The van der Waals surface area contributed by atoms with E-state index in [1.54, 1.807) is 0 Å². The molecule has 0 radical (unpaired) electrons. The highest BCUT2D eigenvalue weighted by Gasteiger charge is 2.35. The zero-order valence-corrected chi connectivity index (χ0v) is 10.4. The third kappa shape index (κ3) is 3.31. The van der Waals surface area contributed by atoms with Gasteiger partial charge >= 0.3 is 12.1 Å². The molecule has 1 saturated heterocycles. The number of carboxylic acids is 1. The number of carboxylic acid groups (broad SMARTS) is 1. The SMILES string of the molecule is O=C(O)CC1CN(C(=O)c2cccn2CC(F)(F)F)C1. The standard InChI is InChI=1S/C12H13F3N2O3/c13-12(14,15)7-16-3-1-2-9(16)11(20)17-5-8(6-17)4-10(18)19/h1-3,8H,4-7H2,(H,18,19). The van der Waals surface area contributed by atoms with Crippen molar-refractivity contribution < 1.29 is 27.9 Å². The first-order valence-electron chi connectivity index (χ1n) is 5.99. The molecule has 8 heteroatoms. The Morgan fingerprint density at radius 3 is 2.55 bits per heavy atom. The van der Waals surface area contributed by atoms with Crippen molar-refractivity contribution in [1.29, 1.82) is 0 Å². The molecule has 1 aliphatic heterocycles. The van der Waals surface area contributed by atoms with Crippen LogP contribution in [0.4, 0.5) is 13.2 Å². The summed E-state index contributed by atoms with van der Waals surface area (Å²) >= 11 is 0. The fourth-order valence-corrected chi connectivity index (χ4v) is 2.21. The largest absolute Gasteiger partial charge is 0.481 e. The molecule has 2 rings (SSSR count). The van der Waals surface area contributed by atoms with E-state index in [-0.39, 0.29) is 31.1 Å². The van der Waals surface area contributed by atoms with E-state index in [1.165, 1.54) is 23.2 Å². The van der Waals surface area contributed by atoms with Crippen LogP contribution in [0.2, 0.25) is 0 Å². The highest BCUT2D eigenvalue weighted by atomic mass is 19.4. The van der Waals surface area contributed by atoms with Crippen LogP contribution in [-0.4, -0.2) is 45.7 Å². The summed E-state index contributed by atoms with van der Waals surface area (Å²) in [5, 5.41) is 8.60. The molecular weight excluding hydrogens is 277 g/mol. The number of likely N-dealkylation sites (tertiary alicyclic amines) is 1. The molecule has 1 N–H and O–H groups in total. The van der Waals surface area contributed by atoms with Gasteiger partial charge in [0.1, 0.15) is 12.2 Å². The van der Waals surface area contributed by atoms with Gasteiger partial charge in [-0.25, -0.2) is 0 Å². The summed E-state index contributed by atoms with van der Waals surface area (Å²) < 4.78 is 37.9. The lowest BCUT2D eigenvalue weighted by molar-refractivity contribution is -0.141. The topological polar surface area (TPSA) is 62.5 Å². The normalized spacial score (nSPS) is 16.1. The summed E-state index contributed by atoms with van der Waals surface area (Å²) in [7, 11) is 0. The lowest BCUT2D eigenvalue weighted by Gasteiger charge is -2.38. The van der Waals surface area contributed by atoms with E-state index in [0.717, 1.165) is 4.57 Å². The van der Waals surface area contributed by atoms with E-state index >= 15 is 0 Å². The quantitative estimate of drug-likeness (QED) is 0.916. The van der Waals surface area contributed by atoms with Gasteiger partial charge in [0.2, 0.25) is 0 Å². The number of amides is 1. The van der Waals surface area contributed by atoms with Gasteiger partial charge < -0.3 is 14.6 Å². The second-order valence-electron chi connectivity index (χ2n) is 4.81. The molecule has 0 aromatic carbocycles. The molecule has 1 aromatic rings. The van der Waals surface area contributed by atoms with Crippen LogP contribution in [0.15, 0.2) is 18.3 Å². The molecule has 0 bridgehead atoms. The van der Waals surface area contributed by atoms with Crippen LogP contribution in [0.3, 0.4) is 0 Å². The molecule has 1 aliphatic rings. The number of halogens is 3. The highest BCUT2D eigenvalue weighted by molar-refractivity contribution is 5.93. The molecule has 0 spiro atoms. The Balaban J connectivity index is 1.98. The van der Waals surface area contributed by atoms with E-state index in [9.17, 15) is 22.8 Å². The Hall–Kier alpha value is -1.99. The van der Waals surface area contributed by atoms with Crippen LogP contribution in [0.25, 0.3) is 0 Å². The van der Waals surface area contributed by atoms with Gasteiger partial charge in [0.05, 0.1) is 6.42 Å². The number of carbonyl (C=O) groups excluding carboxylic acids is 1. The fourth-order valence-electron chi connectivity index (χ4n) is 2.21. The zero-order chi connectivity index (χ0) is 14.9. The second-order valence-corrected chi connectivity index (χ2v) is 4.81. The molecule has 110 valence electrons. The molecule has 0 aliphatic carbocycles. The van der Waals surface area contributed by atoms with Crippen LogP contribution in [0, 0.1) is 5.92 Å². The van der Waals surface area contributed by atoms with Crippen LogP contribution in [-0.2, 0) is 11.3 Å². The van der Waals surface area contributed by atoms with Crippen LogP contribution < -0.4 is 0 Å². The van der Waals surface area contributed by atoms with Crippen molar-refractivity contribution in [2.75, 3.05) is 13.1 Å².